The van der Waals surface area contributed by atoms with E-state index in [2.05, 4.69) is 0 Å². The third-order valence-electron chi connectivity index (χ3n) is 4.36. The lowest BCUT2D eigenvalue weighted by Gasteiger charge is -2.31. The number of hydrogen-bond acceptors (Lipinski definition) is 7. The van der Waals surface area contributed by atoms with Crippen molar-refractivity contribution in [1.29, 1.82) is 0 Å². The van der Waals surface area contributed by atoms with E-state index in [0.717, 1.165) is 0 Å². The van der Waals surface area contributed by atoms with Gasteiger partial charge in [0, 0.05) is 17.9 Å². The number of hydrogen-bond donors (Lipinski definition) is 0. The van der Waals surface area contributed by atoms with Gasteiger partial charge in [-0.25, -0.2) is 9.59 Å². The molecule has 0 aromatic rings. The van der Waals surface area contributed by atoms with Crippen molar-refractivity contribution in [1.82, 2.24) is 4.90 Å². The molecular weight excluding hydrogens is 342 g/mol. The molecule has 0 spiro atoms. The fourth-order valence-corrected chi connectivity index (χ4v) is 3.45. The van der Waals surface area contributed by atoms with Crippen LogP contribution in [0.2, 0.25) is 0 Å². The van der Waals surface area contributed by atoms with Crippen LogP contribution >= 0.6 is 0 Å². The summed E-state index contributed by atoms with van der Waals surface area (Å²) >= 11 is 0. The van der Waals surface area contributed by atoms with Gasteiger partial charge in [-0.3, -0.25) is 14.5 Å². The molecule has 0 radical (unpaired) electrons. The number of Topliss-reactive ketones (excluding diaryl/α,β-unsaturated/α-hetero) is 1. The number of likely N-dealkylation sites (tertiary alicyclic amines) is 1. The molecule has 1 aliphatic heterocycles. The van der Waals surface area contributed by atoms with Crippen LogP contribution in [0.25, 0.3) is 0 Å². The Labute approximate surface area is 154 Å². The second kappa shape index (κ2) is 8.51. The molecule has 0 aliphatic carbocycles. The maximum Gasteiger partial charge on any atom is 0.411 e. The Hall–Kier alpha value is -2.12. The average molecular weight is 371 g/mol. The molecule has 8 heteroatoms. The summed E-state index contributed by atoms with van der Waals surface area (Å²) in [5.74, 6) is -2.87. The van der Waals surface area contributed by atoms with Gasteiger partial charge in [-0.2, -0.15) is 0 Å². The summed E-state index contributed by atoms with van der Waals surface area (Å²) in [4.78, 5) is 50.6. The zero-order valence-corrected chi connectivity index (χ0v) is 16.5. The number of nitrogens with zero attached hydrogens (tertiary/aromatic N) is 1. The highest BCUT2D eigenvalue weighted by molar-refractivity contribution is 5.89. The second-order valence-corrected chi connectivity index (χ2v) is 7.41. The lowest BCUT2D eigenvalue weighted by atomic mass is 9.82. The first-order valence-corrected chi connectivity index (χ1v) is 8.69. The van der Waals surface area contributed by atoms with Gasteiger partial charge in [-0.1, -0.05) is 0 Å². The number of amides is 1. The number of methoxy groups -OCH3 is 1. The molecule has 0 bridgehead atoms. The highest BCUT2D eigenvalue weighted by atomic mass is 16.6. The largest absolute Gasteiger partial charge is 0.469 e. The molecule has 0 aromatic heterocycles. The number of carbonyl (C=O) groups excluding carboxylic acids is 4. The van der Waals surface area contributed by atoms with Crippen LogP contribution in [0.4, 0.5) is 4.79 Å². The minimum atomic E-state index is -1.09. The predicted octanol–water partition coefficient (Wildman–Crippen LogP) is 1.94. The topological polar surface area (TPSA) is 99.2 Å². The summed E-state index contributed by atoms with van der Waals surface area (Å²) in [6, 6.07) is -1.71. The third kappa shape index (κ3) is 4.95. The van der Waals surface area contributed by atoms with Gasteiger partial charge >= 0.3 is 18.0 Å². The number of ketones is 1. The quantitative estimate of drug-likeness (QED) is 0.538. The van der Waals surface area contributed by atoms with Crippen LogP contribution in [0, 0.1) is 11.8 Å². The summed E-state index contributed by atoms with van der Waals surface area (Å²) in [5.41, 5.74) is -0.776. The standard InChI is InChI=1S/C18H29NO7/c1-8-25-16(22)15-12(9-13(21)24-7)14(11(3)20)10(2)19(15)17(23)26-18(4,5)6/h10,12,14-15H,8-9H2,1-7H3/t10-,12-,14+,15-/m0/s1. The van der Waals surface area contributed by atoms with Crippen molar-refractivity contribution < 1.29 is 33.4 Å². The maximum atomic E-state index is 12.7. The molecule has 0 saturated carbocycles. The van der Waals surface area contributed by atoms with Crippen molar-refractivity contribution in [3.05, 3.63) is 0 Å². The van der Waals surface area contributed by atoms with Crippen molar-refractivity contribution in [3.63, 3.8) is 0 Å². The summed E-state index contributed by atoms with van der Waals surface area (Å²) in [6.45, 7) is 9.93. The van der Waals surface area contributed by atoms with E-state index in [1.165, 1.54) is 18.9 Å². The molecule has 26 heavy (non-hydrogen) atoms. The Morgan fingerprint density at radius 2 is 1.69 bits per heavy atom. The molecule has 0 unspecified atom stereocenters. The van der Waals surface area contributed by atoms with E-state index >= 15 is 0 Å². The molecular formula is C18H29NO7. The molecule has 1 fully saturated rings. The van der Waals surface area contributed by atoms with Crippen LogP contribution in [-0.4, -0.2) is 60.1 Å². The van der Waals surface area contributed by atoms with Crippen LogP contribution in [0.1, 0.15) is 48.0 Å². The Morgan fingerprint density at radius 3 is 2.12 bits per heavy atom. The summed E-state index contributed by atoms with van der Waals surface area (Å²) in [7, 11) is 1.23. The van der Waals surface area contributed by atoms with E-state index in [1.807, 2.05) is 0 Å². The summed E-state index contributed by atoms with van der Waals surface area (Å²) in [5, 5.41) is 0. The zero-order valence-electron chi connectivity index (χ0n) is 16.5. The highest BCUT2D eigenvalue weighted by Crippen LogP contribution is 2.40. The lowest BCUT2D eigenvalue weighted by molar-refractivity contribution is -0.151. The number of carbonyl (C=O) groups is 4. The van der Waals surface area contributed by atoms with Gasteiger partial charge in [0.1, 0.15) is 17.4 Å². The molecule has 1 rings (SSSR count). The molecule has 1 heterocycles. The maximum absolute atomic E-state index is 12.7. The Kier molecular flexibility index (Phi) is 7.17. The van der Waals surface area contributed by atoms with Gasteiger partial charge in [-0.05, 0) is 41.5 Å². The van der Waals surface area contributed by atoms with Gasteiger partial charge in [0.2, 0.25) is 0 Å². The van der Waals surface area contributed by atoms with Gasteiger partial charge in [0.05, 0.1) is 20.1 Å². The monoisotopic (exact) mass is 371 g/mol. The molecule has 8 nitrogen and oxygen atoms in total. The van der Waals surface area contributed by atoms with Crippen LogP contribution in [0.5, 0.6) is 0 Å². The van der Waals surface area contributed by atoms with E-state index in [9.17, 15) is 19.2 Å². The smallest absolute Gasteiger partial charge is 0.411 e. The Balaban J connectivity index is 3.34. The zero-order chi connectivity index (χ0) is 20.2. The lowest BCUT2D eigenvalue weighted by Crippen LogP contribution is -2.48. The van der Waals surface area contributed by atoms with Gasteiger partial charge in [0.15, 0.2) is 0 Å². The Morgan fingerprint density at radius 1 is 1.12 bits per heavy atom. The normalized spacial score (nSPS) is 25.6. The fourth-order valence-electron chi connectivity index (χ4n) is 3.45. The molecule has 148 valence electrons. The van der Waals surface area contributed by atoms with Crippen LogP contribution in [0.15, 0.2) is 0 Å². The SMILES string of the molecule is CCOC(=O)[C@@H]1[C@@H](CC(=O)OC)[C@@H](C(C)=O)[C@H](C)N1C(=O)OC(C)(C)C. The van der Waals surface area contributed by atoms with Crippen molar-refractivity contribution in [2.45, 2.75) is 65.6 Å². The van der Waals surface area contributed by atoms with Crippen LogP contribution < -0.4 is 0 Å². The van der Waals surface area contributed by atoms with E-state index in [0.29, 0.717) is 0 Å². The molecule has 1 saturated heterocycles. The van der Waals surface area contributed by atoms with Crippen molar-refractivity contribution >= 4 is 23.8 Å². The van der Waals surface area contributed by atoms with E-state index in [-0.39, 0.29) is 18.8 Å². The van der Waals surface area contributed by atoms with Crippen LogP contribution in [-0.2, 0) is 28.6 Å². The first-order chi connectivity index (χ1) is 11.9. The fraction of sp³-hybridized carbons (Fsp3) is 0.778. The molecule has 1 aliphatic rings. The number of esters is 2. The summed E-state index contributed by atoms with van der Waals surface area (Å²) in [6.07, 6.45) is -0.893. The third-order valence-corrected chi connectivity index (χ3v) is 4.36. The van der Waals surface area contributed by atoms with Gasteiger partial charge in [0.25, 0.3) is 0 Å². The minimum Gasteiger partial charge on any atom is -0.469 e. The van der Waals surface area contributed by atoms with Crippen molar-refractivity contribution in [2.75, 3.05) is 13.7 Å². The number of ether oxygens (including phenoxy) is 3. The highest BCUT2D eigenvalue weighted by Gasteiger charge is 2.56. The molecule has 4 atom stereocenters. The first kappa shape index (κ1) is 21.9. The van der Waals surface area contributed by atoms with E-state index in [1.54, 1.807) is 34.6 Å². The predicted molar refractivity (Wildman–Crippen MR) is 92.3 cm³/mol. The Bertz CT molecular complexity index is 566. The first-order valence-electron chi connectivity index (χ1n) is 8.69. The molecule has 0 N–H and O–H groups in total. The average Bonchev–Trinajstić information content (AvgIpc) is 2.78. The van der Waals surface area contributed by atoms with Gasteiger partial charge in [-0.15, -0.1) is 0 Å². The van der Waals surface area contributed by atoms with Crippen molar-refractivity contribution in [3.8, 4) is 0 Å². The van der Waals surface area contributed by atoms with Gasteiger partial charge < -0.3 is 14.2 Å². The molecule has 0 aromatic carbocycles. The summed E-state index contributed by atoms with van der Waals surface area (Å²) < 4.78 is 15.2. The molecule has 1 amide bonds. The van der Waals surface area contributed by atoms with Crippen molar-refractivity contribution in [2.24, 2.45) is 11.8 Å². The number of rotatable bonds is 5. The minimum absolute atomic E-state index is 0.113. The van der Waals surface area contributed by atoms with E-state index < -0.39 is 47.6 Å². The van der Waals surface area contributed by atoms with Crippen LogP contribution in [0.3, 0.4) is 0 Å². The second-order valence-electron chi connectivity index (χ2n) is 7.41. The van der Waals surface area contributed by atoms with E-state index in [4.69, 9.17) is 14.2 Å².